The van der Waals surface area contributed by atoms with Crippen molar-refractivity contribution in [3.05, 3.63) is 5.53 Å². The molecule has 1 aliphatic heterocycles. The lowest BCUT2D eigenvalue weighted by atomic mass is 10.4. The first-order valence-corrected chi connectivity index (χ1v) is 2.96. The molecule has 0 aromatic heterocycles. The molecule has 1 fully saturated rings. The van der Waals surface area contributed by atoms with Crippen LogP contribution in [0.2, 0.25) is 0 Å². The molecule has 52 valence electrons. The summed E-state index contributed by atoms with van der Waals surface area (Å²) in [6.07, 6.45) is 0. The molecule has 0 spiro atoms. The lowest BCUT2D eigenvalue weighted by Crippen LogP contribution is -2.40. The topological polar surface area (TPSA) is 65.6 Å². The van der Waals surface area contributed by atoms with Gasteiger partial charge < -0.3 is 16.4 Å². The highest BCUT2D eigenvalue weighted by molar-refractivity contribution is 4.73. The zero-order chi connectivity index (χ0) is 6.53. The van der Waals surface area contributed by atoms with Gasteiger partial charge in [0.25, 0.3) is 0 Å². The maximum Gasteiger partial charge on any atom is 0.0142 e. The van der Waals surface area contributed by atoms with E-state index in [1.807, 2.05) is 0 Å². The van der Waals surface area contributed by atoms with E-state index in [0.29, 0.717) is 0 Å². The average molecular weight is 128 g/mol. The lowest BCUT2D eigenvalue weighted by Gasteiger charge is -2.29. The summed E-state index contributed by atoms with van der Waals surface area (Å²) in [6, 6.07) is 0. The summed E-state index contributed by atoms with van der Waals surface area (Å²) in [5.74, 6) is 0. The van der Waals surface area contributed by atoms with Crippen molar-refractivity contribution in [1.29, 1.82) is 5.53 Å². The molecule has 0 unspecified atom stereocenters. The van der Waals surface area contributed by atoms with Crippen LogP contribution < -0.4 is 5.32 Å². The SMILES string of the molecule is N=N[N-]N1CCNCC1. The Balaban J connectivity index is 2.15. The average Bonchev–Trinajstić information content (AvgIpc) is 1.91. The number of hydrogen-bond acceptors (Lipinski definition) is 4. The van der Waals surface area contributed by atoms with E-state index in [2.05, 4.69) is 16.1 Å². The Kier molecular flexibility index (Phi) is 2.41. The van der Waals surface area contributed by atoms with Crippen molar-refractivity contribution in [1.82, 2.24) is 10.3 Å². The molecule has 1 rings (SSSR count). The minimum Gasteiger partial charge on any atom is -0.397 e. The Bertz CT molecular complexity index is 87.0. The van der Waals surface area contributed by atoms with E-state index in [-0.39, 0.29) is 0 Å². The largest absolute Gasteiger partial charge is 0.397 e. The van der Waals surface area contributed by atoms with Crippen molar-refractivity contribution < 1.29 is 0 Å². The molecule has 0 aromatic carbocycles. The molecule has 1 aliphatic rings. The number of rotatable bonds is 2. The van der Waals surface area contributed by atoms with Gasteiger partial charge in [-0.2, -0.15) is 0 Å². The fraction of sp³-hybridized carbons (Fsp3) is 1.00. The first-order valence-electron chi connectivity index (χ1n) is 2.96. The third-order valence-electron chi connectivity index (χ3n) is 1.26. The second-order valence-electron chi connectivity index (χ2n) is 1.89. The highest BCUT2D eigenvalue weighted by Gasteiger charge is 2.02. The summed E-state index contributed by atoms with van der Waals surface area (Å²) in [4.78, 5) is 0. The van der Waals surface area contributed by atoms with Gasteiger partial charge >= 0.3 is 0 Å². The van der Waals surface area contributed by atoms with Crippen molar-refractivity contribution in [2.75, 3.05) is 26.2 Å². The van der Waals surface area contributed by atoms with Crippen LogP contribution in [0.5, 0.6) is 0 Å². The first kappa shape index (κ1) is 6.44. The Morgan fingerprint density at radius 1 is 1.44 bits per heavy atom. The highest BCUT2D eigenvalue weighted by atomic mass is 15.7. The van der Waals surface area contributed by atoms with Crippen molar-refractivity contribution in [3.8, 4) is 0 Å². The van der Waals surface area contributed by atoms with Crippen LogP contribution in [0.3, 0.4) is 0 Å². The summed E-state index contributed by atoms with van der Waals surface area (Å²) in [7, 11) is 0. The highest BCUT2D eigenvalue weighted by Crippen LogP contribution is 1.99. The number of hydrogen-bond donors (Lipinski definition) is 2. The molecular formula is C4H10N5-. The molecule has 0 aliphatic carbocycles. The van der Waals surface area contributed by atoms with Gasteiger partial charge in [0, 0.05) is 26.2 Å². The molecule has 0 radical (unpaired) electrons. The third-order valence-corrected chi connectivity index (χ3v) is 1.26. The zero-order valence-electron chi connectivity index (χ0n) is 5.17. The van der Waals surface area contributed by atoms with Crippen LogP contribution in [0.25, 0.3) is 5.53 Å². The molecule has 9 heavy (non-hydrogen) atoms. The molecule has 0 amide bonds. The van der Waals surface area contributed by atoms with Crippen molar-refractivity contribution in [2.45, 2.75) is 0 Å². The second kappa shape index (κ2) is 3.37. The maximum absolute atomic E-state index is 6.44. The molecule has 2 N–H and O–H groups in total. The third kappa shape index (κ3) is 1.95. The van der Waals surface area contributed by atoms with Crippen LogP contribution >= 0.6 is 0 Å². The Labute approximate surface area is 53.9 Å². The van der Waals surface area contributed by atoms with Gasteiger partial charge in [0.2, 0.25) is 0 Å². The molecule has 0 bridgehead atoms. The fourth-order valence-electron chi connectivity index (χ4n) is 0.806. The van der Waals surface area contributed by atoms with Gasteiger partial charge in [-0.3, -0.25) is 10.2 Å². The predicted molar refractivity (Wildman–Crippen MR) is 32.9 cm³/mol. The minimum absolute atomic E-state index is 0.863. The van der Waals surface area contributed by atoms with E-state index < -0.39 is 0 Å². The van der Waals surface area contributed by atoms with E-state index in [9.17, 15) is 0 Å². The molecule has 0 atom stereocenters. The molecule has 0 saturated carbocycles. The standard InChI is InChI=1S/C4H10N5/c5-7-8-9-3-1-6-2-4-9/h6H,1-4H2,(H-,5,8)/q-1. The number of nitrogens with one attached hydrogen (secondary N) is 2. The minimum atomic E-state index is 0.863. The Morgan fingerprint density at radius 2 is 2.11 bits per heavy atom. The first-order chi connectivity index (χ1) is 4.43. The van der Waals surface area contributed by atoms with Crippen molar-refractivity contribution in [3.63, 3.8) is 0 Å². The maximum atomic E-state index is 6.44. The van der Waals surface area contributed by atoms with Gasteiger partial charge in [-0.05, 0) is 0 Å². The monoisotopic (exact) mass is 128 g/mol. The number of nitrogens with zero attached hydrogens (tertiary/aromatic N) is 3. The van der Waals surface area contributed by atoms with Crippen LogP contribution in [-0.2, 0) is 0 Å². The summed E-state index contributed by atoms with van der Waals surface area (Å²) in [5, 5.41) is 7.88. The van der Waals surface area contributed by atoms with E-state index in [4.69, 9.17) is 5.53 Å². The van der Waals surface area contributed by atoms with Gasteiger partial charge in [0.05, 0.1) is 0 Å². The summed E-state index contributed by atoms with van der Waals surface area (Å²) in [6.45, 7) is 3.61. The van der Waals surface area contributed by atoms with Crippen LogP contribution in [0.1, 0.15) is 0 Å². The van der Waals surface area contributed by atoms with Crippen molar-refractivity contribution in [2.24, 2.45) is 5.22 Å². The van der Waals surface area contributed by atoms with Crippen molar-refractivity contribution >= 4 is 0 Å². The fourth-order valence-corrected chi connectivity index (χ4v) is 0.806. The van der Waals surface area contributed by atoms with Gasteiger partial charge in [-0.15, -0.1) is 0 Å². The van der Waals surface area contributed by atoms with Crippen LogP contribution in [0, 0.1) is 5.53 Å². The van der Waals surface area contributed by atoms with E-state index in [1.54, 1.807) is 5.01 Å². The Hall–Kier alpha value is -0.680. The second-order valence-corrected chi connectivity index (χ2v) is 1.89. The van der Waals surface area contributed by atoms with E-state index in [0.717, 1.165) is 26.2 Å². The molecule has 5 heteroatoms. The van der Waals surface area contributed by atoms with E-state index >= 15 is 0 Å². The summed E-state index contributed by atoms with van der Waals surface area (Å²) >= 11 is 0. The molecule has 5 nitrogen and oxygen atoms in total. The van der Waals surface area contributed by atoms with Gasteiger partial charge in [0.1, 0.15) is 0 Å². The van der Waals surface area contributed by atoms with Gasteiger partial charge in [-0.1, -0.05) is 0 Å². The summed E-state index contributed by atoms with van der Waals surface area (Å²) in [5.41, 5.74) is 10.0. The quantitative estimate of drug-likeness (QED) is 0.410. The lowest BCUT2D eigenvalue weighted by molar-refractivity contribution is 0.294. The molecular weight excluding hydrogens is 118 g/mol. The van der Waals surface area contributed by atoms with E-state index in [1.165, 1.54) is 0 Å². The zero-order valence-corrected chi connectivity index (χ0v) is 5.17. The van der Waals surface area contributed by atoms with Crippen LogP contribution in [-0.4, -0.2) is 31.2 Å². The predicted octanol–water partition coefficient (Wildman–Crippen LogP) is 0.126. The summed E-state index contributed by atoms with van der Waals surface area (Å²) < 4.78 is 0. The van der Waals surface area contributed by atoms with Crippen LogP contribution in [0.4, 0.5) is 0 Å². The number of piperazine rings is 1. The smallest absolute Gasteiger partial charge is 0.0142 e. The molecule has 1 saturated heterocycles. The van der Waals surface area contributed by atoms with Gasteiger partial charge in [-0.25, -0.2) is 0 Å². The molecule has 1 heterocycles. The van der Waals surface area contributed by atoms with Crippen LogP contribution in [0.15, 0.2) is 5.22 Å². The normalized spacial score (nSPS) is 21.3. The molecule has 0 aromatic rings. The van der Waals surface area contributed by atoms with Gasteiger partial charge in [0.15, 0.2) is 0 Å². The Morgan fingerprint density at radius 3 is 2.67 bits per heavy atom.